The first-order chi connectivity index (χ1) is 11.3. The van der Waals surface area contributed by atoms with Crippen LogP contribution in [0.5, 0.6) is 0 Å². The van der Waals surface area contributed by atoms with Gasteiger partial charge in [0, 0.05) is 37.6 Å². The minimum absolute atomic E-state index is 0.296. The summed E-state index contributed by atoms with van der Waals surface area (Å²) in [4.78, 5) is 6.80. The molecule has 5 rings (SSSR count). The van der Waals surface area contributed by atoms with Gasteiger partial charge < -0.3 is 4.90 Å². The molecule has 0 aromatic carbocycles. The molecule has 0 spiro atoms. The second kappa shape index (κ2) is 4.56. The highest BCUT2D eigenvalue weighted by Gasteiger charge is 2.32. The Balaban J connectivity index is 1.40. The summed E-state index contributed by atoms with van der Waals surface area (Å²) in [5.74, 6) is 1.62. The van der Waals surface area contributed by atoms with Crippen molar-refractivity contribution in [2.24, 2.45) is 0 Å². The van der Waals surface area contributed by atoms with Crippen LogP contribution in [-0.2, 0) is 0 Å². The zero-order chi connectivity index (χ0) is 15.4. The molecule has 1 aliphatic carbocycles. The monoisotopic (exact) mass is 305 g/mol. The zero-order valence-corrected chi connectivity index (χ0v) is 12.5. The summed E-state index contributed by atoms with van der Waals surface area (Å²) in [6.07, 6.45) is 9.63. The molecule has 7 heteroatoms. The van der Waals surface area contributed by atoms with E-state index in [2.05, 4.69) is 32.2 Å². The van der Waals surface area contributed by atoms with Gasteiger partial charge in [-0.1, -0.05) is 0 Å². The molecular formula is C16H15N7. The molecule has 1 aliphatic heterocycles. The Kier molecular flexibility index (Phi) is 2.50. The number of nitrogens with zero attached hydrogens (tertiary/aromatic N) is 7. The lowest BCUT2D eigenvalue weighted by Crippen LogP contribution is -2.48. The van der Waals surface area contributed by atoms with Crippen LogP contribution in [0.1, 0.15) is 36.1 Å². The number of hydrogen-bond donors (Lipinski definition) is 0. The van der Waals surface area contributed by atoms with Crippen molar-refractivity contribution in [1.29, 1.82) is 5.26 Å². The second-order valence-electron chi connectivity index (χ2n) is 6.30. The normalized spacial score (nSPS) is 18.1. The third-order valence-corrected chi connectivity index (χ3v) is 4.65. The lowest BCUT2D eigenvalue weighted by Gasteiger charge is -2.40. The van der Waals surface area contributed by atoms with Crippen LogP contribution in [0.25, 0.3) is 5.52 Å². The largest absolute Gasteiger partial charge is 0.350 e. The first-order valence-electron chi connectivity index (χ1n) is 7.85. The molecule has 23 heavy (non-hydrogen) atoms. The van der Waals surface area contributed by atoms with Crippen LogP contribution in [-0.4, -0.2) is 37.5 Å². The van der Waals surface area contributed by atoms with Gasteiger partial charge in [-0.25, -0.2) is 9.50 Å². The number of nitriles is 1. The summed E-state index contributed by atoms with van der Waals surface area (Å²) in [5, 5.41) is 17.8. The van der Waals surface area contributed by atoms with Crippen LogP contribution in [0, 0.1) is 11.3 Å². The van der Waals surface area contributed by atoms with Gasteiger partial charge in [-0.05, 0) is 18.9 Å². The van der Waals surface area contributed by atoms with E-state index in [1.165, 1.54) is 18.5 Å². The highest BCUT2D eigenvalue weighted by molar-refractivity contribution is 5.70. The Bertz CT molecular complexity index is 921. The highest BCUT2D eigenvalue weighted by Crippen LogP contribution is 2.40. The topological polar surface area (TPSA) is 75.0 Å². The SMILES string of the molecule is N#Cc1cnn(C2CN(c3nccn4nc(C5CC5)cc34)C2)c1. The molecule has 4 heterocycles. The van der Waals surface area contributed by atoms with Gasteiger partial charge in [0.1, 0.15) is 11.6 Å². The van der Waals surface area contributed by atoms with Crippen molar-refractivity contribution in [2.75, 3.05) is 18.0 Å². The lowest BCUT2D eigenvalue weighted by molar-refractivity contribution is 0.366. The first-order valence-corrected chi connectivity index (χ1v) is 7.85. The van der Waals surface area contributed by atoms with Crippen LogP contribution >= 0.6 is 0 Å². The summed E-state index contributed by atoms with van der Waals surface area (Å²) >= 11 is 0. The van der Waals surface area contributed by atoms with Crippen molar-refractivity contribution >= 4 is 11.3 Å². The fourth-order valence-electron chi connectivity index (χ4n) is 3.14. The molecule has 1 saturated heterocycles. The van der Waals surface area contributed by atoms with E-state index in [1.54, 1.807) is 18.6 Å². The molecule has 0 bridgehead atoms. The third-order valence-electron chi connectivity index (χ3n) is 4.65. The van der Waals surface area contributed by atoms with E-state index < -0.39 is 0 Å². The molecule has 0 amide bonds. The second-order valence-corrected chi connectivity index (χ2v) is 6.30. The van der Waals surface area contributed by atoms with Crippen molar-refractivity contribution in [2.45, 2.75) is 24.8 Å². The molecular weight excluding hydrogens is 290 g/mol. The summed E-state index contributed by atoms with van der Waals surface area (Å²) in [5.41, 5.74) is 2.86. The molecule has 2 fully saturated rings. The average Bonchev–Trinajstić information content (AvgIpc) is 3.10. The van der Waals surface area contributed by atoms with Gasteiger partial charge in [-0.15, -0.1) is 0 Å². The Labute approximate surface area is 132 Å². The van der Waals surface area contributed by atoms with E-state index in [9.17, 15) is 0 Å². The molecule has 0 N–H and O–H groups in total. The van der Waals surface area contributed by atoms with Crippen molar-refractivity contribution < 1.29 is 0 Å². The summed E-state index contributed by atoms with van der Waals surface area (Å²) in [6.45, 7) is 1.70. The van der Waals surface area contributed by atoms with Gasteiger partial charge in [0.05, 0.1) is 23.5 Å². The highest BCUT2D eigenvalue weighted by atomic mass is 15.4. The van der Waals surface area contributed by atoms with Crippen molar-refractivity contribution in [3.05, 3.63) is 42.1 Å². The molecule has 1 saturated carbocycles. The minimum atomic E-state index is 0.296. The standard InChI is InChI=1S/C16H15N7/c17-6-11-7-19-23(8-11)13-9-21(10-13)16-15-5-14(12-1-2-12)20-22(15)4-3-18-16/h3-5,7-8,12-13H,1-2,9-10H2. The van der Waals surface area contributed by atoms with Crippen molar-refractivity contribution in [1.82, 2.24) is 24.4 Å². The fourth-order valence-corrected chi connectivity index (χ4v) is 3.14. The van der Waals surface area contributed by atoms with Crippen molar-refractivity contribution in [3.8, 4) is 6.07 Å². The lowest BCUT2D eigenvalue weighted by atomic mass is 10.1. The predicted molar refractivity (Wildman–Crippen MR) is 83.2 cm³/mol. The maximum Gasteiger partial charge on any atom is 0.154 e. The van der Waals surface area contributed by atoms with E-state index in [0.29, 0.717) is 17.5 Å². The van der Waals surface area contributed by atoms with E-state index in [4.69, 9.17) is 5.26 Å². The van der Waals surface area contributed by atoms with E-state index in [0.717, 1.165) is 24.4 Å². The quantitative estimate of drug-likeness (QED) is 0.736. The molecule has 3 aromatic rings. The average molecular weight is 305 g/mol. The van der Waals surface area contributed by atoms with E-state index >= 15 is 0 Å². The number of hydrogen-bond acceptors (Lipinski definition) is 5. The maximum atomic E-state index is 8.89. The Hall–Kier alpha value is -2.88. The third kappa shape index (κ3) is 1.99. The van der Waals surface area contributed by atoms with E-state index in [1.807, 2.05) is 15.4 Å². The molecule has 114 valence electrons. The number of rotatable bonds is 3. The first kappa shape index (κ1) is 12.6. The Morgan fingerprint density at radius 2 is 2.13 bits per heavy atom. The Morgan fingerprint density at radius 1 is 1.26 bits per heavy atom. The Morgan fingerprint density at radius 3 is 2.87 bits per heavy atom. The maximum absolute atomic E-state index is 8.89. The van der Waals surface area contributed by atoms with Gasteiger partial charge in [-0.3, -0.25) is 4.68 Å². The number of aromatic nitrogens is 5. The molecule has 7 nitrogen and oxygen atoms in total. The van der Waals surface area contributed by atoms with Crippen molar-refractivity contribution in [3.63, 3.8) is 0 Å². The summed E-state index contributed by atoms with van der Waals surface area (Å²) in [7, 11) is 0. The van der Waals surface area contributed by atoms with Crippen LogP contribution in [0.15, 0.2) is 30.9 Å². The molecule has 0 unspecified atom stereocenters. The van der Waals surface area contributed by atoms with Gasteiger partial charge >= 0.3 is 0 Å². The fraction of sp³-hybridized carbons (Fsp3) is 0.375. The summed E-state index contributed by atoms with van der Waals surface area (Å²) in [6, 6.07) is 4.59. The van der Waals surface area contributed by atoms with Crippen LogP contribution in [0.2, 0.25) is 0 Å². The van der Waals surface area contributed by atoms with Crippen LogP contribution < -0.4 is 4.90 Å². The van der Waals surface area contributed by atoms with Crippen LogP contribution in [0.3, 0.4) is 0 Å². The zero-order valence-electron chi connectivity index (χ0n) is 12.5. The smallest absolute Gasteiger partial charge is 0.154 e. The number of anilines is 1. The summed E-state index contributed by atoms with van der Waals surface area (Å²) < 4.78 is 3.81. The predicted octanol–water partition coefficient (Wildman–Crippen LogP) is 1.74. The molecule has 0 atom stereocenters. The van der Waals surface area contributed by atoms with Gasteiger partial charge in [0.25, 0.3) is 0 Å². The van der Waals surface area contributed by atoms with Gasteiger partial charge in [0.15, 0.2) is 5.82 Å². The van der Waals surface area contributed by atoms with E-state index in [-0.39, 0.29) is 0 Å². The van der Waals surface area contributed by atoms with Gasteiger partial charge in [0.2, 0.25) is 0 Å². The minimum Gasteiger partial charge on any atom is -0.350 e. The molecule has 0 radical (unpaired) electrons. The number of fused-ring (bicyclic) bond motifs is 1. The molecule has 2 aliphatic rings. The van der Waals surface area contributed by atoms with Gasteiger partial charge in [-0.2, -0.15) is 15.5 Å². The van der Waals surface area contributed by atoms with Crippen LogP contribution in [0.4, 0.5) is 5.82 Å². The molecule has 3 aromatic heterocycles.